The molecule has 6 heteroatoms. The predicted molar refractivity (Wildman–Crippen MR) is 54.7 cm³/mol. The second-order valence-corrected chi connectivity index (χ2v) is 3.50. The number of carbonyl (C=O) groups is 2. The molecule has 1 atom stereocenters. The first-order valence-electron chi connectivity index (χ1n) is 4.65. The molecule has 2 N–H and O–H groups in total. The van der Waals surface area contributed by atoms with Gasteiger partial charge in [-0.3, -0.25) is 0 Å². The monoisotopic (exact) mass is 218 g/mol. The fourth-order valence-corrected chi connectivity index (χ4v) is 0.827. The van der Waals surface area contributed by atoms with Gasteiger partial charge in [0, 0.05) is 20.2 Å². The van der Waals surface area contributed by atoms with Crippen molar-refractivity contribution < 1.29 is 19.4 Å². The van der Waals surface area contributed by atoms with Gasteiger partial charge in [0.2, 0.25) is 0 Å². The lowest BCUT2D eigenvalue weighted by Gasteiger charge is -2.24. The van der Waals surface area contributed by atoms with E-state index in [0.717, 1.165) is 0 Å². The van der Waals surface area contributed by atoms with Gasteiger partial charge in [-0.15, -0.1) is 0 Å². The van der Waals surface area contributed by atoms with Crippen molar-refractivity contribution in [1.82, 2.24) is 10.2 Å². The van der Waals surface area contributed by atoms with E-state index in [1.807, 2.05) is 13.8 Å². The summed E-state index contributed by atoms with van der Waals surface area (Å²) in [5.41, 5.74) is 0. The van der Waals surface area contributed by atoms with E-state index in [1.165, 1.54) is 12.0 Å². The van der Waals surface area contributed by atoms with Gasteiger partial charge in [-0.05, 0) is 13.8 Å². The molecule has 0 heterocycles. The van der Waals surface area contributed by atoms with E-state index < -0.39 is 18.0 Å². The van der Waals surface area contributed by atoms with E-state index in [0.29, 0.717) is 0 Å². The maximum atomic E-state index is 11.5. The topological polar surface area (TPSA) is 78.9 Å². The number of nitrogens with zero attached hydrogens (tertiary/aromatic N) is 1. The lowest BCUT2D eigenvalue weighted by molar-refractivity contribution is -0.140. The van der Waals surface area contributed by atoms with Crippen molar-refractivity contribution in [2.45, 2.75) is 25.9 Å². The molecule has 2 amide bonds. The van der Waals surface area contributed by atoms with Gasteiger partial charge in [0.25, 0.3) is 0 Å². The van der Waals surface area contributed by atoms with Gasteiger partial charge < -0.3 is 20.1 Å². The molecule has 0 radical (unpaired) electrons. The molecule has 0 aliphatic rings. The van der Waals surface area contributed by atoms with Crippen LogP contribution in [0.3, 0.4) is 0 Å². The van der Waals surface area contributed by atoms with Crippen LogP contribution in [0, 0.1) is 0 Å². The van der Waals surface area contributed by atoms with Crippen molar-refractivity contribution in [3.8, 4) is 0 Å². The highest BCUT2D eigenvalue weighted by molar-refractivity contribution is 5.82. The number of aliphatic carboxylic acids is 1. The lowest BCUT2D eigenvalue weighted by Crippen LogP contribution is -2.50. The van der Waals surface area contributed by atoms with E-state index in [-0.39, 0.29) is 12.6 Å². The molecular weight excluding hydrogens is 200 g/mol. The SMILES string of the molecule is COCC(NC(=O)N(C)C(C)C)C(=O)O. The molecular formula is C9H18N2O4. The predicted octanol–water partition coefficient (Wildman–Crippen LogP) is 0.136. The summed E-state index contributed by atoms with van der Waals surface area (Å²) < 4.78 is 4.69. The zero-order valence-electron chi connectivity index (χ0n) is 9.48. The zero-order valence-corrected chi connectivity index (χ0v) is 9.48. The Balaban J connectivity index is 4.28. The Labute approximate surface area is 89.2 Å². The normalized spacial score (nSPS) is 12.3. The number of rotatable bonds is 5. The van der Waals surface area contributed by atoms with Gasteiger partial charge in [0.05, 0.1) is 6.61 Å². The summed E-state index contributed by atoms with van der Waals surface area (Å²) in [6.45, 7) is 3.63. The zero-order chi connectivity index (χ0) is 12.0. The number of nitrogens with one attached hydrogen (secondary N) is 1. The van der Waals surface area contributed by atoms with Crippen molar-refractivity contribution in [3.05, 3.63) is 0 Å². The van der Waals surface area contributed by atoms with E-state index >= 15 is 0 Å². The summed E-state index contributed by atoms with van der Waals surface area (Å²) in [5, 5.41) is 11.1. The van der Waals surface area contributed by atoms with Crippen molar-refractivity contribution in [2.24, 2.45) is 0 Å². The quantitative estimate of drug-likeness (QED) is 0.687. The summed E-state index contributed by atoms with van der Waals surface area (Å²) >= 11 is 0. The van der Waals surface area contributed by atoms with E-state index in [1.54, 1.807) is 7.05 Å². The largest absolute Gasteiger partial charge is 0.480 e. The molecule has 0 aliphatic carbocycles. The van der Waals surface area contributed by atoms with Crippen LogP contribution in [0.4, 0.5) is 4.79 Å². The summed E-state index contributed by atoms with van der Waals surface area (Å²) in [6, 6.07) is -1.42. The van der Waals surface area contributed by atoms with Crippen LogP contribution < -0.4 is 5.32 Å². The number of carboxylic acids is 1. The molecule has 0 fully saturated rings. The van der Waals surface area contributed by atoms with Gasteiger partial charge in [0.15, 0.2) is 6.04 Å². The fourth-order valence-electron chi connectivity index (χ4n) is 0.827. The second-order valence-electron chi connectivity index (χ2n) is 3.50. The van der Waals surface area contributed by atoms with Gasteiger partial charge in [0.1, 0.15) is 0 Å². The molecule has 0 aromatic carbocycles. The van der Waals surface area contributed by atoms with Crippen LogP contribution in [-0.4, -0.2) is 54.9 Å². The molecule has 6 nitrogen and oxygen atoms in total. The number of methoxy groups -OCH3 is 1. The molecule has 15 heavy (non-hydrogen) atoms. The Bertz CT molecular complexity index is 230. The van der Waals surface area contributed by atoms with Crippen LogP contribution in [0.2, 0.25) is 0 Å². The standard InChI is InChI=1S/C9H18N2O4/c1-6(2)11(3)9(14)10-7(5-15-4)8(12)13/h6-7H,5H2,1-4H3,(H,10,14)(H,12,13). The van der Waals surface area contributed by atoms with E-state index in [9.17, 15) is 9.59 Å². The Morgan fingerprint density at radius 1 is 1.47 bits per heavy atom. The number of amides is 2. The Kier molecular flexibility index (Phi) is 5.69. The smallest absolute Gasteiger partial charge is 0.328 e. The minimum atomic E-state index is -1.11. The van der Waals surface area contributed by atoms with Crippen LogP contribution in [0.1, 0.15) is 13.8 Å². The van der Waals surface area contributed by atoms with Crippen molar-refractivity contribution in [2.75, 3.05) is 20.8 Å². The molecule has 0 spiro atoms. The Hall–Kier alpha value is -1.30. The third-order valence-corrected chi connectivity index (χ3v) is 2.02. The average Bonchev–Trinajstić information content (AvgIpc) is 2.15. The summed E-state index contributed by atoms with van der Waals surface area (Å²) in [7, 11) is 2.99. The van der Waals surface area contributed by atoms with Crippen LogP contribution in [0.25, 0.3) is 0 Å². The first kappa shape index (κ1) is 13.7. The highest BCUT2D eigenvalue weighted by Crippen LogP contribution is 1.95. The molecule has 0 aliphatic heterocycles. The van der Waals surface area contributed by atoms with Crippen LogP contribution in [0.15, 0.2) is 0 Å². The van der Waals surface area contributed by atoms with Crippen molar-refractivity contribution in [3.63, 3.8) is 0 Å². The highest BCUT2D eigenvalue weighted by Gasteiger charge is 2.22. The highest BCUT2D eigenvalue weighted by atomic mass is 16.5. The van der Waals surface area contributed by atoms with Crippen LogP contribution in [-0.2, 0) is 9.53 Å². The maximum absolute atomic E-state index is 11.5. The minimum Gasteiger partial charge on any atom is -0.480 e. The molecule has 0 saturated carbocycles. The average molecular weight is 218 g/mol. The molecule has 0 aromatic rings. The lowest BCUT2D eigenvalue weighted by atomic mass is 10.3. The van der Waals surface area contributed by atoms with Gasteiger partial charge >= 0.3 is 12.0 Å². The number of urea groups is 1. The number of hydrogen-bond donors (Lipinski definition) is 2. The molecule has 0 rings (SSSR count). The molecule has 0 saturated heterocycles. The van der Waals surface area contributed by atoms with Crippen LogP contribution in [0.5, 0.6) is 0 Å². The summed E-state index contributed by atoms with van der Waals surface area (Å²) in [6.07, 6.45) is 0. The van der Waals surface area contributed by atoms with Crippen LogP contribution >= 0.6 is 0 Å². The summed E-state index contributed by atoms with van der Waals surface area (Å²) in [5.74, 6) is -1.11. The van der Waals surface area contributed by atoms with Gasteiger partial charge in [-0.25, -0.2) is 9.59 Å². The molecule has 1 unspecified atom stereocenters. The first-order chi connectivity index (χ1) is 6.90. The third kappa shape index (κ3) is 4.64. The second kappa shape index (κ2) is 6.23. The number of carboxylic acid groups (broad SMARTS) is 1. The van der Waals surface area contributed by atoms with Crippen molar-refractivity contribution in [1.29, 1.82) is 0 Å². The number of hydrogen-bond acceptors (Lipinski definition) is 3. The molecule has 0 aromatic heterocycles. The third-order valence-electron chi connectivity index (χ3n) is 2.02. The molecule has 88 valence electrons. The maximum Gasteiger partial charge on any atom is 0.328 e. The van der Waals surface area contributed by atoms with E-state index in [4.69, 9.17) is 9.84 Å². The van der Waals surface area contributed by atoms with Gasteiger partial charge in [-0.2, -0.15) is 0 Å². The summed E-state index contributed by atoms with van der Waals surface area (Å²) in [4.78, 5) is 23.6. The van der Waals surface area contributed by atoms with Gasteiger partial charge in [-0.1, -0.05) is 0 Å². The van der Waals surface area contributed by atoms with Crippen molar-refractivity contribution >= 4 is 12.0 Å². The number of ether oxygens (including phenoxy) is 1. The minimum absolute atomic E-state index is 0.0157. The Morgan fingerprint density at radius 3 is 2.33 bits per heavy atom. The van der Waals surface area contributed by atoms with E-state index in [2.05, 4.69) is 5.32 Å². The molecule has 0 bridgehead atoms. The Morgan fingerprint density at radius 2 is 2.00 bits per heavy atom. The first-order valence-corrected chi connectivity index (χ1v) is 4.65. The number of carbonyl (C=O) groups excluding carboxylic acids is 1. The fraction of sp³-hybridized carbons (Fsp3) is 0.778.